The largest absolute Gasteiger partial charge is 0.496 e. The molecular weight excluding hydrogens is 246 g/mol. The summed E-state index contributed by atoms with van der Waals surface area (Å²) in [7, 11) is 1.47. The molecule has 0 aliphatic heterocycles. The summed E-state index contributed by atoms with van der Waals surface area (Å²) in [5.74, 6) is -1.13. The van der Waals surface area contributed by atoms with Crippen LogP contribution in [0.4, 0.5) is 0 Å². The van der Waals surface area contributed by atoms with E-state index in [1.165, 1.54) is 7.11 Å². The van der Waals surface area contributed by atoms with Gasteiger partial charge in [-0.25, -0.2) is 0 Å². The number of methoxy groups -OCH3 is 1. The van der Waals surface area contributed by atoms with Gasteiger partial charge in [0.25, 0.3) is 5.91 Å². The lowest BCUT2D eigenvalue weighted by Gasteiger charge is -2.11. The fourth-order valence-corrected chi connectivity index (χ4v) is 1.90. The molecule has 2 rings (SSSR count). The third-order valence-electron chi connectivity index (χ3n) is 2.74. The lowest BCUT2D eigenvalue weighted by atomic mass is 10.0. The van der Waals surface area contributed by atoms with Crippen LogP contribution in [0, 0.1) is 0 Å². The van der Waals surface area contributed by atoms with Gasteiger partial charge in [-0.2, -0.15) is 0 Å². The van der Waals surface area contributed by atoms with Gasteiger partial charge in [-0.3, -0.25) is 9.59 Å². The number of nitrogens with one attached hydrogen (secondary N) is 1. The van der Waals surface area contributed by atoms with Gasteiger partial charge in [0.2, 0.25) is 0 Å². The highest BCUT2D eigenvalue weighted by molar-refractivity contribution is 6.10. The minimum atomic E-state index is -1.09. The first-order chi connectivity index (χ1) is 9.13. The van der Waals surface area contributed by atoms with Crippen LogP contribution in [-0.2, 0) is 4.79 Å². The van der Waals surface area contributed by atoms with Gasteiger partial charge in [0.1, 0.15) is 12.3 Å². The number of carbonyl (C=O) groups is 2. The molecule has 0 spiro atoms. The van der Waals surface area contributed by atoms with Gasteiger partial charge in [-0.1, -0.05) is 30.3 Å². The fourth-order valence-electron chi connectivity index (χ4n) is 1.90. The van der Waals surface area contributed by atoms with E-state index in [2.05, 4.69) is 5.32 Å². The standard InChI is InChI=1S/C14H13NO4/c1-19-11-7-6-9-4-2-3-5-10(9)13(11)14(18)15-8-12(16)17/h2-7H,8H2,1H3,(H,15,18)(H,16,17). The molecule has 2 N–H and O–H groups in total. The third kappa shape index (κ3) is 2.65. The van der Waals surface area contributed by atoms with Crippen LogP contribution in [-0.4, -0.2) is 30.6 Å². The predicted octanol–water partition coefficient (Wildman–Crippen LogP) is 1.66. The van der Waals surface area contributed by atoms with E-state index in [-0.39, 0.29) is 0 Å². The summed E-state index contributed by atoms with van der Waals surface area (Å²) in [5.41, 5.74) is 0.349. The molecule has 0 aliphatic rings. The Labute approximate surface area is 109 Å². The van der Waals surface area contributed by atoms with Gasteiger partial charge in [0.05, 0.1) is 12.7 Å². The van der Waals surface area contributed by atoms with E-state index in [0.29, 0.717) is 11.3 Å². The molecule has 0 aliphatic carbocycles. The first kappa shape index (κ1) is 12.9. The first-order valence-electron chi connectivity index (χ1n) is 5.69. The zero-order chi connectivity index (χ0) is 13.8. The molecule has 19 heavy (non-hydrogen) atoms. The average molecular weight is 259 g/mol. The number of hydrogen-bond acceptors (Lipinski definition) is 3. The number of benzene rings is 2. The minimum absolute atomic E-state index is 0.349. The van der Waals surface area contributed by atoms with E-state index in [4.69, 9.17) is 9.84 Å². The number of rotatable bonds is 4. The van der Waals surface area contributed by atoms with E-state index in [0.717, 1.165) is 10.8 Å². The predicted molar refractivity (Wildman–Crippen MR) is 70.5 cm³/mol. The van der Waals surface area contributed by atoms with Crippen molar-refractivity contribution in [2.45, 2.75) is 0 Å². The highest BCUT2D eigenvalue weighted by Gasteiger charge is 2.16. The average Bonchev–Trinajstić information content (AvgIpc) is 2.43. The maximum atomic E-state index is 12.1. The number of carbonyl (C=O) groups excluding carboxylic acids is 1. The molecule has 0 heterocycles. The van der Waals surface area contributed by atoms with Crippen molar-refractivity contribution < 1.29 is 19.4 Å². The summed E-state index contributed by atoms with van der Waals surface area (Å²) in [6.07, 6.45) is 0. The van der Waals surface area contributed by atoms with Gasteiger partial charge in [-0.05, 0) is 16.8 Å². The molecular formula is C14H13NO4. The summed E-state index contributed by atoms with van der Waals surface area (Å²) in [6, 6.07) is 10.9. The highest BCUT2D eigenvalue weighted by Crippen LogP contribution is 2.27. The second-order valence-electron chi connectivity index (χ2n) is 3.94. The van der Waals surface area contributed by atoms with Crippen LogP contribution in [0.2, 0.25) is 0 Å². The molecule has 0 fully saturated rings. The zero-order valence-corrected chi connectivity index (χ0v) is 10.3. The molecule has 5 nitrogen and oxygen atoms in total. The van der Waals surface area contributed by atoms with Crippen LogP contribution in [0.5, 0.6) is 5.75 Å². The van der Waals surface area contributed by atoms with Crippen LogP contribution in [0.3, 0.4) is 0 Å². The fraction of sp³-hybridized carbons (Fsp3) is 0.143. The second kappa shape index (κ2) is 5.39. The van der Waals surface area contributed by atoms with Crippen LogP contribution in [0.25, 0.3) is 10.8 Å². The van der Waals surface area contributed by atoms with Crippen LogP contribution < -0.4 is 10.1 Å². The normalized spacial score (nSPS) is 10.2. The van der Waals surface area contributed by atoms with Crippen molar-refractivity contribution in [3.63, 3.8) is 0 Å². The van der Waals surface area contributed by atoms with Gasteiger partial charge in [-0.15, -0.1) is 0 Å². The molecule has 0 aromatic heterocycles. The Morgan fingerprint density at radius 1 is 1.21 bits per heavy atom. The number of amides is 1. The molecule has 2 aromatic rings. The van der Waals surface area contributed by atoms with E-state index >= 15 is 0 Å². The molecule has 0 saturated heterocycles. The van der Waals surface area contributed by atoms with Crippen molar-refractivity contribution >= 4 is 22.6 Å². The molecule has 0 radical (unpaired) electrons. The van der Waals surface area contributed by atoms with Crippen molar-refractivity contribution in [3.8, 4) is 5.75 Å². The van der Waals surface area contributed by atoms with E-state index in [9.17, 15) is 9.59 Å². The van der Waals surface area contributed by atoms with Crippen molar-refractivity contribution in [3.05, 3.63) is 42.0 Å². The maximum absolute atomic E-state index is 12.1. The number of fused-ring (bicyclic) bond motifs is 1. The minimum Gasteiger partial charge on any atom is -0.496 e. The molecule has 98 valence electrons. The second-order valence-corrected chi connectivity index (χ2v) is 3.94. The first-order valence-corrected chi connectivity index (χ1v) is 5.69. The summed E-state index contributed by atoms with van der Waals surface area (Å²) < 4.78 is 5.17. The SMILES string of the molecule is COc1ccc2ccccc2c1C(=O)NCC(=O)O. The van der Waals surface area contributed by atoms with Gasteiger partial charge < -0.3 is 15.2 Å². The molecule has 0 bridgehead atoms. The summed E-state index contributed by atoms with van der Waals surface area (Å²) >= 11 is 0. The monoisotopic (exact) mass is 259 g/mol. The van der Waals surface area contributed by atoms with Gasteiger partial charge >= 0.3 is 5.97 Å². The Kier molecular flexibility index (Phi) is 3.66. The van der Waals surface area contributed by atoms with Crippen molar-refractivity contribution in [1.82, 2.24) is 5.32 Å². The number of carboxylic acids is 1. The van der Waals surface area contributed by atoms with Crippen LogP contribution in [0.1, 0.15) is 10.4 Å². The Bertz CT molecular complexity index is 636. The summed E-state index contributed by atoms with van der Waals surface area (Å²) in [6.45, 7) is -0.425. The number of ether oxygens (including phenoxy) is 1. The number of hydrogen-bond donors (Lipinski definition) is 2. The van der Waals surface area contributed by atoms with Gasteiger partial charge in [0.15, 0.2) is 0 Å². The van der Waals surface area contributed by atoms with Crippen molar-refractivity contribution in [2.24, 2.45) is 0 Å². The quantitative estimate of drug-likeness (QED) is 0.875. The zero-order valence-electron chi connectivity index (χ0n) is 10.3. The summed E-state index contributed by atoms with van der Waals surface area (Å²) in [4.78, 5) is 22.6. The van der Waals surface area contributed by atoms with Gasteiger partial charge in [0, 0.05) is 0 Å². The third-order valence-corrected chi connectivity index (χ3v) is 2.74. The maximum Gasteiger partial charge on any atom is 0.322 e. The van der Waals surface area contributed by atoms with Crippen molar-refractivity contribution in [1.29, 1.82) is 0 Å². The number of aliphatic carboxylic acids is 1. The Balaban J connectivity index is 2.49. The summed E-state index contributed by atoms with van der Waals surface area (Å²) in [5, 5.41) is 12.6. The Hall–Kier alpha value is -2.56. The topological polar surface area (TPSA) is 75.6 Å². The van der Waals surface area contributed by atoms with E-state index < -0.39 is 18.4 Å². The molecule has 0 unspecified atom stereocenters. The Morgan fingerprint density at radius 2 is 1.95 bits per heavy atom. The van der Waals surface area contributed by atoms with Crippen LogP contribution in [0.15, 0.2) is 36.4 Å². The van der Waals surface area contributed by atoms with E-state index in [1.54, 1.807) is 12.1 Å². The van der Waals surface area contributed by atoms with Crippen LogP contribution >= 0.6 is 0 Å². The lowest BCUT2D eigenvalue weighted by molar-refractivity contribution is -0.135. The van der Waals surface area contributed by atoms with E-state index in [1.807, 2.05) is 24.3 Å². The smallest absolute Gasteiger partial charge is 0.322 e. The highest BCUT2D eigenvalue weighted by atomic mass is 16.5. The Morgan fingerprint density at radius 3 is 2.63 bits per heavy atom. The molecule has 5 heteroatoms. The van der Waals surface area contributed by atoms with Crippen molar-refractivity contribution in [2.75, 3.05) is 13.7 Å². The lowest BCUT2D eigenvalue weighted by Crippen LogP contribution is -2.29. The molecule has 1 amide bonds. The molecule has 0 atom stereocenters. The molecule has 2 aromatic carbocycles. The molecule has 0 saturated carbocycles. The number of carboxylic acid groups (broad SMARTS) is 1.